The second-order valence-corrected chi connectivity index (χ2v) is 6.06. The summed E-state index contributed by atoms with van der Waals surface area (Å²) in [7, 11) is 0. The molecule has 0 aromatic heterocycles. The SMILES string of the molecule is NC1C[C@@H](CCO)N(C(=O)c2ccc(-c3ccccc3)cc2)C1. The Morgan fingerprint density at radius 2 is 1.74 bits per heavy atom. The van der Waals surface area contributed by atoms with Gasteiger partial charge >= 0.3 is 0 Å². The molecule has 4 nitrogen and oxygen atoms in total. The van der Waals surface area contributed by atoms with E-state index in [0.717, 1.165) is 17.5 Å². The Bertz CT molecular complexity index is 655. The number of nitrogens with zero attached hydrogens (tertiary/aromatic N) is 1. The molecule has 0 aliphatic carbocycles. The number of aliphatic hydroxyl groups excluding tert-OH is 1. The predicted molar refractivity (Wildman–Crippen MR) is 91.0 cm³/mol. The maximum Gasteiger partial charge on any atom is 0.254 e. The van der Waals surface area contributed by atoms with Gasteiger partial charge in [0.25, 0.3) is 5.91 Å². The van der Waals surface area contributed by atoms with E-state index >= 15 is 0 Å². The molecule has 1 unspecified atom stereocenters. The lowest BCUT2D eigenvalue weighted by molar-refractivity contribution is 0.0715. The highest BCUT2D eigenvalue weighted by Crippen LogP contribution is 2.24. The van der Waals surface area contributed by atoms with Gasteiger partial charge in [-0.15, -0.1) is 0 Å². The fraction of sp³-hybridized carbons (Fsp3) is 0.316. The van der Waals surface area contributed by atoms with E-state index < -0.39 is 0 Å². The zero-order chi connectivity index (χ0) is 16.2. The van der Waals surface area contributed by atoms with E-state index in [1.165, 1.54) is 0 Å². The van der Waals surface area contributed by atoms with E-state index in [-0.39, 0.29) is 24.6 Å². The van der Waals surface area contributed by atoms with Crippen LogP contribution in [0.2, 0.25) is 0 Å². The summed E-state index contributed by atoms with van der Waals surface area (Å²) in [6.45, 7) is 0.637. The minimum atomic E-state index is -0.00369. The molecule has 2 atom stereocenters. The van der Waals surface area contributed by atoms with Crippen molar-refractivity contribution in [2.75, 3.05) is 13.2 Å². The molecule has 3 rings (SSSR count). The normalized spacial score (nSPS) is 20.7. The fourth-order valence-corrected chi connectivity index (χ4v) is 3.23. The molecule has 1 saturated heterocycles. The van der Waals surface area contributed by atoms with Crippen LogP contribution in [0.1, 0.15) is 23.2 Å². The number of carbonyl (C=O) groups is 1. The number of aliphatic hydroxyl groups is 1. The molecule has 0 saturated carbocycles. The molecule has 0 spiro atoms. The Hall–Kier alpha value is -2.17. The van der Waals surface area contributed by atoms with Crippen molar-refractivity contribution in [3.63, 3.8) is 0 Å². The van der Waals surface area contributed by atoms with Crippen molar-refractivity contribution in [1.29, 1.82) is 0 Å². The van der Waals surface area contributed by atoms with Crippen molar-refractivity contribution in [3.8, 4) is 11.1 Å². The van der Waals surface area contributed by atoms with Crippen molar-refractivity contribution >= 4 is 5.91 Å². The van der Waals surface area contributed by atoms with Gasteiger partial charge in [-0.25, -0.2) is 0 Å². The van der Waals surface area contributed by atoms with Gasteiger partial charge in [0.2, 0.25) is 0 Å². The molecule has 0 radical (unpaired) electrons. The minimum Gasteiger partial charge on any atom is -0.396 e. The summed E-state index contributed by atoms with van der Waals surface area (Å²) in [5, 5.41) is 9.17. The van der Waals surface area contributed by atoms with Gasteiger partial charge in [0.05, 0.1) is 0 Å². The zero-order valence-electron chi connectivity index (χ0n) is 13.1. The van der Waals surface area contributed by atoms with Gasteiger partial charge < -0.3 is 15.7 Å². The highest BCUT2D eigenvalue weighted by atomic mass is 16.3. The molecule has 120 valence electrons. The second kappa shape index (κ2) is 6.94. The first kappa shape index (κ1) is 15.7. The van der Waals surface area contributed by atoms with Gasteiger partial charge in [0.1, 0.15) is 0 Å². The summed E-state index contributed by atoms with van der Waals surface area (Å²) in [5.41, 5.74) is 8.88. The fourth-order valence-electron chi connectivity index (χ4n) is 3.23. The largest absolute Gasteiger partial charge is 0.396 e. The van der Waals surface area contributed by atoms with Gasteiger partial charge in [-0.3, -0.25) is 4.79 Å². The van der Waals surface area contributed by atoms with Crippen molar-refractivity contribution in [1.82, 2.24) is 4.90 Å². The number of carbonyl (C=O) groups excluding carboxylic acids is 1. The zero-order valence-corrected chi connectivity index (χ0v) is 13.1. The number of nitrogens with two attached hydrogens (primary N) is 1. The van der Waals surface area contributed by atoms with E-state index in [1.54, 1.807) is 4.90 Å². The first-order valence-electron chi connectivity index (χ1n) is 8.02. The molecule has 1 fully saturated rings. The lowest BCUT2D eigenvalue weighted by Crippen LogP contribution is -2.37. The van der Waals surface area contributed by atoms with Crippen molar-refractivity contribution < 1.29 is 9.90 Å². The van der Waals surface area contributed by atoms with Gasteiger partial charge in [0.15, 0.2) is 0 Å². The Balaban J connectivity index is 1.77. The maximum absolute atomic E-state index is 12.7. The first-order valence-corrected chi connectivity index (χ1v) is 8.02. The van der Waals surface area contributed by atoms with Crippen LogP contribution in [0, 0.1) is 0 Å². The van der Waals surface area contributed by atoms with Crippen LogP contribution in [0.15, 0.2) is 54.6 Å². The van der Waals surface area contributed by atoms with E-state index in [0.29, 0.717) is 18.5 Å². The van der Waals surface area contributed by atoms with E-state index in [1.807, 2.05) is 54.6 Å². The molecule has 4 heteroatoms. The molecule has 1 aliphatic heterocycles. The average Bonchev–Trinajstić information content (AvgIpc) is 2.96. The minimum absolute atomic E-state index is 0.000841. The number of amides is 1. The Kier molecular flexibility index (Phi) is 4.74. The maximum atomic E-state index is 12.7. The van der Waals surface area contributed by atoms with Gasteiger partial charge in [-0.1, -0.05) is 42.5 Å². The third-order valence-electron chi connectivity index (χ3n) is 4.41. The Labute approximate surface area is 136 Å². The third-order valence-corrected chi connectivity index (χ3v) is 4.41. The molecular weight excluding hydrogens is 288 g/mol. The summed E-state index contributed by atoms with van der Waals surface area (Å²) in [6, 6.07) is 17.8. The molecule has 0 bridgehead atoms. The molecule has 2 aromatic carbocycles. The van der Waals surface area contributed by atoms with Crippen LogP contribution in [-0.4, -0.2) is 41.1 Å². The quantitative estimate of drug-likeness (QED) is 0.910. The molecule has 1 heterocycles. The number of hydrogen-bond acceptors (Lipinski definition) is 3. The van der Waals surface area contributed by atoms with Crippen LogP contribution in [0.25, 0.3) is 11.1 Å². The number of benzene rings is 2. The summed E-state index contributed by atoms with van der Waals surface area (Å²) in [5.74, 6) is -0.00369. The van der Waals surface area contributed by atoms with E-state index in [9.17, 15) is 4.79 Å². The summed E-state index contributed by atoms with van der Waals surface area (Å²) in [6.07, 6.45) is 1.34. The molecular formula is C19H22N2O2. The second-order valence-electron chi connectivity index (χ2n) is 6.06. The first-order chi connectivity index (χ1) is 11.2. The van der Waals surface area contributed by atoms with Crippen LogP contribution in [0.3, 0.4) is 0 Å². The Morgan fingerprint density at radius 1 is 1.09 bits per heavy atom. The van der Waals surface area contributed by atoms with Crippen molar-refractivity contribution in [2.45, 2.75) is 24.9 Å². The highest BCUT2D eigenvalue weighted by Gasteiger charge is 2.33. The smallest absolute Gasteiger partial charge is 0.254 e. The topological polar surface area (TPSA) is 66.6 Å². The van der Waals surface area contributed by atoms with Gasteiger partial charge in [0, 0.05) is 30.8 Å². The lowest BCUT2D eigenvalue weighted by Gasteiger charge is -2.24. The summed E-state index contributed by atoms with van der Waals surface area (Å²) in [4.78, 5) is 14.5. The van der Waals surface area contributed by atoms with Crippen molar-refractivity contribution in [2.24, 2.45) is 5.73 Å². The number of likely N-dealkylation sites (tertiary alicyclic amines) is 1. The predicted octanol–water partition coefficient (Wildman–Crippen LogP) is 2.28. The van der Waals surface area contributed by atoms with Crippen LogP contribution in [-0.2, 0) is 0 Å². The van der Waals surface area contributed by atoms with Crippen LogP contribution >= 0.6 is 0 Å². The van der Waals surface area contributed by atoms with Crippen LogP contribution in [0.5, 0.6) is 0 Å². The van der Waals surface area contributed by atoms with Crippen LogP contribution in [0.4, 0.5) is 0 Å². The lowest BCUT2D eigenvalue weighted by atomic mass is 10.0. The van der Waals surface area contributed by atoms with Gasteiger partial charge in [-0.2, -0.15) is 0 Å². The molecule has 1 amide bonds. The molecule has 2 aromatic rings. The highest BCUT2D eigenvalue weighted by molar-refractivity contribution is 5.95. The number of rotatable bonds is 4. The summed E-state index contributed by atoms with van der Waals surface area (Å²) < 4.78 is 0. The molecule has 3 N–H and O–H groups in total. The standard InChI is InChI=1S/C19H22N2O2/c20-17-12-18(10-11-22)21(13-17)19(23)16-8-6-15(7-9-16)14-4-2-1-3-5-14/h1-9,17-18,22H,10-13,20H2/t17?,18-/m1/s1. The number of hydrogen-bond donors (Lipinski definition) is 2. The van der Waals surface area contributed by atoms with E-state index in [2.05, 4.69) is 0 Å². The molecule has 1 aliphatic rings. The third kappa shape index (κ3) is 3.44. The average molecular weight is 310 g/mol. The van der Waals surface area contributed by atoms with Crippen molar-refractivity contribution in [3.05, 3.63) is 60.2 Å². The van der Waals surface area contributed by atoms with Crippen LogP contribution < -0.4 is 5.73 Å². The Morgan fingerprint density at radius 3 is 2.39 bits per heavy atom. The monoisotopic (exact) mass is 310 g/mol. The summed E-state index contributed by atoms with van der Waals surface area (Å²) >= 11 is 0. The van der Waals surface area contributed by atoms with E-state index in [4.69, 9.17) is 10.8 Å². The van der Waals surface area contributed by atoms with Gasteiger partial charge in [-0.05, 0) is 36.1 Å². The molecule has 23 heavy (non-hydrogen) atoms.